The van der Waals surface area contributed by atoms with Crippen LogP contribution in [-0.2, 0) is 19.1 Å². The first kappa shape index (κ1) is 27.9. The van der Waals surface area contributed by atoms with Gasteiger partial charge < -0.3 is 24.5 Å². The van der Waals surface area contributed by atoms with Crippen LogP contribution >= 0.6 is 11.6 Å². The van der Waals surface area contributed by atoms with Crippen molar-refractivity contribution >= 4 is 35.0 Å². The fraction of sp³-hybridized carbons (Fsp3) is 0.567. The van der Waals surface area contributed by atoms with Gasteiger partial charge in [-0.15, -0.1) is 0 Å². The third-order valence-electron chi connectivity index (χ3n) is 8.99. The van der Waals surface area contributed by atoms with Crippen LogP contribution in [-0.4, -0.2) is 82.2 Å². The number of ether oxygens (including phenoxy) is 1. The van der Waals surface area contributed by atoms with E-state index in [9.17, 15) is 19.5 Å². The Hall–Kier alpha value is -2.68. The fourth-order valence-corrected chi connectivity index (χ4v) is 7.52. The molecular weight excluding hydrogens is 518 g/mol. The molecular formula is C30H38ClN3O5. The maximum Gasteiger partial charge on any atom is 0.253 e. The van der Waals surface area contributed by atoms with Gasteiger partial charge in [0.25, 0.3) is 5.91 Å². The number of para-hydroxylation sites is 1. The number of fused-ring (bicyclic) bond motifs is 2. The Balaban J connectivity index is 1.71. The largest absolute Gasteiger partial charge is 0.394 e. The molecule has 39 heavy (non-hydrogen) atoms. The molecule has 4 heterocycles. The van der Waals surface area contributed by atoms with Crippen molar-refractivity contribution in [2.45, 2.75) is 70.2 Å². The molecule has 1 aromatic carbocycles. The smallest absolute Gasteiger partial charge is 0.253 e. The molecule has 8 nitrogen and oxygen atoms in total. The summed E-state index contributed by atoms with van der Waals surface area (Å²) in [6.45, 7) is 8.71. The van der Waals surface area contributed by atoms with Gasteiger partial charge in [0, 0.05) is 19.6 Å². The van der Waals surface area contributed by atoms with Crippen molar-refractivity contribution in [1.29, 1.82) is 0 Å². The zero-order valence-corrected chi connectivity index (χ0v) is 23.9. The zero-order chi connectivity index (χ0) is 28.1. The van der Waals surface area contributed by atoms with E-state index in [4.69, 9.17) is 16.3 Å². The molecule has 4 aliphatic heterocycles. The van der Waals surface area contributed by atoms with Crippen LogP contribution in [0.25, 0.3) is 0 Å². The molecule has 5 rings (SSSR count). The van der Waals surface area contributed by atoms with E-state index >= 15 is 0 Å². The number of halogens is 1. The Labute approximate surface area is 235 Å². The number of aryl methyl sites for hydroxylation is 1. The first-order chi connectivity index (χ1) is 18.7. The van der Waals surface area contributed by atoms with E-state index in [-0.39, 0.29) is 30.9 Å². The number of carbonyl (C=O) groups is 3. The topological polar surface area (TPSA) is 90.4 Å². The van der Waals surface area contributed by atoms with Crippen LogP contribution < -0.4 is 4.90 Å². The second-order valence-corrected chi connectivity index (χ2v) is 11.5. The van der Waals surface area contributed by atoms with Gasteiger partial charge in [0.15, 0.2) is 0 Å². The van der Waals surface area contributed by atoms with E-state index in [2.05, 4.69) is 0 Å². The van der Waals surface area contributed by atoms with Crippen molar-refractivity contribution < 1.29 is 24.2 Å². The maximum absolute atomic E-state index is 14.6. The third-order valence-corrected chi connectivity index (χ3v) is 9.29. The van der Waals surface area contributed by atoms with Crippen molar-refractivity contribution in [1.82, 2.24) is 9.80 Å². The lowest BCUT2D eigenvalue weighted by Crippen LogP contribution is -2.59. The highest BCUT2D eigenvalue weighted by Crippen LogP contribution is 2.59. The molecule has 0 aromatic heterocycles. The molecule has 0 saturated carbocycles. The molecule has 0 aliphatic carbocycles. The summed E-state index contributed by atoms with van der Waals surface area (Å²) in [6.07, 6.45) is 9.31. The molecule has 1 N–H and O–H groups in total. The van der Waals surface area contributed by atoms with Crippen molar-refractivity contribution in [3.8, 4) is 0 Å². The van der Waals surface area contributed by atoms with Crippen LogP contribution in [0.4, 0.5) is 5.69 Å². The number of aliphatic hydroxyl groups excluding tert-OH is 1. The first-order valence-electron chi connectivity index (χ1n) is 14.0. The molecule has 1 spiro atoms. The quantitative estimate of drug-likeness (QED) is 0.520. The molecule has 0 radical (unpaired) electrons. The average molecular weight is 556 g/mol. The molecule has 9 heteroatoms. The number of aliphatic hydroxyl groups is 1. The summed E-state index contributed by atoms with van der Waals surface area (Å²) in [5.74, 6) is -2.46. The number of rotatable bonds is 7. The standard InChI is InChI=1S/C30H38ClN3O5/c1-5-15-32-16-9-13-29(7-3)22(26(32)36)23-27(37)34(20(6-2)18-35)25-28(38)33(17-10-14-30(23,25)39-29)24-19(4)11-8-12-21(24)31/h8-14,20,22-23,25,35H,5-7,15-18H2,1-4H3/t20-,22-,23-,25?,29+,30-/m0/s1. The van der Waals surface area contributed by atoms with E-state index < -0.39 is 35.1 Å². The molecule has 1 unspecified atom stereocenters. The minimum atomic E-state index is -1.36. The Morgan fingerprint density at radius 2 is 1.79 bits per heavy atom. The van der Waals surface area contributed by atoms with Crippen LogP contribution in [0, 0.1) is 18.8 Å². The van der Waals surface area contributed by atoms with Gasteiger partial charge in [0.05, 0.1) is 40.8 Å². The maximum atomic E-state index is 14.6. The predicted molar refractivity (Wildman–Crippen MR) is 149 cm³/mol. The van der Waals surface area contributed by atoms with Crippen LogP contribution in [0.1, 0.15) is 45.6 Å². The number of likely N-dealkylation sites (tertiary alicyclic amines) is 1. The molecule has 4 aliphatic rings. The number of hydrogen-bond acceptors (Lipinski definition) is 5. The minimum absolute atomic E-state index is 0.125. The number of carbonyl (C=O) groups excluding carboxylic acids is 3. The van der Waals surface area contributed by atoms with Crippen molar-refractivity contribution in [3.05, 3.63) is 53.1 Å². The summed E-state index contributed by atoms with van der Waals surface area (Å²) in [5.41, 5.74) is -0.971. The van der Waals surface area contributed by atoms with Gasteiger partial charge in [0.2, 0.25) is 11.8 Å². The summed E-state index contributed by atoms with van der Waals surface area (Å²) >= 11 is 6.61. The SMILES string of the molecule is CCCN1CC=C[C@@]2(CC)O[C@]34C=CCN(c5c(C)cccc5Cl)C(=O)C3N([C@@H](CC)CO)C(=O)[C@@H]4[C@H]2C1=O. The average Bonchev–Trinajstić information content (AvgIpc) is 3.21. The Bertz CT molecular complexity index is 1210. The highest BCUT2D eigenvalue weighted by Gasteiger charge is 2.75. The molecule has 210 valence electrons. The van der Waals surface area contributed by atoms with Gasteiger partial charge in [-0.2, -0.15) is 0 Å². The lowest BCUT2D eigenvalue weighted by atomic mass is 9.73. The van der Waals surface area contributed by atoms with E-state index in [1.165, 1.54) is 4.90 Å². The van der Waals surface area contributed by atoms with E-state index in [1.54, 1.807) is 15.9 Å². The van der Waals surface area contributed by atoms with Crippen molar-refractivity contribution in [2.75, 3.05) is 31.1 Å². The number of amides is 3. The van der Waals surface area contributed by atoms with Gasteiger partial charge in [-0.05, 0) is 37.8 Å². The second kappa shape index (κ2) is 10.4. The minimum Gasteiger partial charge on any atom is -0.394 e. The van der Waals surface area contributed by atoms with E-state index in [0.29, 0.717) is 36.6 Å². The fourth-order valence-electron chi connectivity index (χ4n) is 7.19. The Morgan fingerprint density at radius 3 is 2.44 bits per heavy atom. The van der Waals surface area contributed by atoms with Gasteiger partial charge in [-0.25, -0.2) is 0 Å². The van der Waals surface area contributed by atoms with Gasteiger partial charge in [0.1, 0.15) is 11.6 Å². The summed E-state index contributed by atoms with van der Waals surface area (Å²) in [4.78, 5) is 48.2. The number of hydrogen-bond donors (Lipinski definition) is 1. The summed E-state index contributed by atoms with van der Waals surface area (Å²) < 4.78 is 6.98. The highest BCUT2D eigenvalue weighted by molar-refractivity contribution is 6.34. The summed E-state index contributed by atoms with van der Waals surface area (Å²) in [5, 5.41) is 10.8. The highest BCUT2D eigenvalue weighted by atomic mass is 35.5. The molecule has 0 bridgehead atoms. The lowest BCUT2D eigenvalue weighted by Gasteiger charge is -2.40. The molecule has 2 fully saturated rings. The lowest BCUT2D eigenvalue weighted by molar-refractivity contribution is -0.152. The van der Waals surface area contributed by atoms with E-state index in [0.717, 1.165) is 12.0 Å². The predicted octanol–water partition coefficient (Wildman–Crippen LogP) is 3.49. The zero-order valence-electron chi connectivity index (χ0n) is 23.1. The van der Waals surface area contributed by atoms with Crippen molar-refractivity contribution in [3.63, 3.8) is 0 Å². The van der Waals surface area contributed by atoms with Crippen molar-refractivity contribution in [2.24, 2.45) is 11.8 Å². The Kier molecular flexibility index (Phi) is 7.42. The van der Waals surface area contributed by atoms with E-state index in [1.807, 2.05) is 64.1 Å². The monoisotopic (exact) mass is 555 g/mol. The normalized spacial score (nSPS) is 32.7. The van der Waals surface area contributed by atoms with Gasteiger partial charge >= 0.3 is 0 Å². The van der Waals surface area contributed by atoms with Crippen LogP contribution in [0.2, 0.25) is 5.02 Å². The van der Waals surface area contributed by atoms with Gasteiger partial charge in [-0.1, -0.05) is 68.8 Å². The number of benzene rings is 1. The van der Waals surface area contributed by atoms with Crippen LogP contribution in [0.5, 0.6) is 0 Å². The summed E-state index contributed by atoms with van der Waals surface area (Å²) in [7, 11) is 0. The third kappa shape index (κ3) is 3.98. The molecule has 1 aromatic rings. The van der Waals surface area contributed by atoms with Crippen LogP contribution in [0.3, 0.4) is 0 Å². The molecule has 3 amide bonds. The molecule has 2 saturated heterocycles. The summed E-state index contributed by atoms with van der Waals surface area (Å²) in [6, 6.07) is 3.81. The number of nitrogens with zero attached hydrogens (tertiary/aromatic N) is 3. The van der Waals surface area contributed by atoms with Crippen LogP contribution in [0.15, 0.2) is 42.5 Å². The molecule has 6 atom stereocenters. The Morgan fingerprint density at radius 1 is 1.05 bits per heavy atom. The number of anilines is 1. The first-order valence-corrected chi connectivity index (χ1v) is 14.4. The second-order valence-electron chi connectivity index (χ2n) is 11.1. The van der Waals surface area contributed by atoms with Gasteiger partial charge in [-0.3, -0.25) is 14.4 Å².